The van der Waals surface area contributed by atoms with Crippen LogP contribution in [0.3, 0.4) is 0 Å². The normalized spacial score (nSPS) is 20.7. The molecule has 3 rings (SSSR count). The summed E-state index contributed by atoms with van der Waals surface area (Å²) in [7, 11) is 1.90. The third-order valence-electron chi connectivity index (χ3n) is 4.47. The van der Waals surface area contributed by atoms with E-state index in [1.165, 1.54) is 0 Å². The van der Waals surface area contributed by atoms with E-state index in [1.807, 2.05) is 42.9 Å². The first-order valence-electron chi connectivity index (χ1n) is 7.98. The number of nitrogens with one attached hydrogen (secondary N) is 1. The maximum absolute atomic E-state index is 12.5. The van der Waals surface area contributed by atoms with Crippen molar-refractivity contribution >= 4 is 11.7 Å². The number of carbonyl (C=O) groups is 1. The number of pyridine rings is 1. The third kappa shape index (κ3) is 3.36. The lowest BCUT2D eigenvalue weighted by Gasteiger charge is -2.17. The molecule has 0 radical (unpaired) electrons. The van der Waals surface area contributed by atoms with Gasteiger partial charge in [0, 0.05) is 26.3 Å². The number of hydrogen-bond acceptors (Lipinski definition) is 4. The highest BCUT2D eigenvalue weighted by Gasteiger charge is 2.35. The molecule has 0 aromatic carbocycles. The summed E-state index contributed by atoms with van der Waals surface area (Å²) in [6, 6.07) is 7.87. The van der Waals surface area contributed by atoms with E-state index in [2.05, 4.69) is 27.2 Å². The van der Waals surface area contributed by atoms with Crippen molar-refractivity contribution in [3.63, 3.8) is 0 Å². The van der Waals surface area contributed by atoms with Gasteiger partial charge in [-0.15, -0.1) is 0 Å². The molecule has 6 nitrogen and oxygen atoms in total. The first kappa shape index (κ1) is 15.5. The fourth-order valence-electron chi connectivity index (χ4n) is 3.17. The van der Waals surface area contributed by atoms with Crippen molar-refractivity contribution in [1.82, 2.24) is 20.1 Å². The average molecular weight is 313 g/mol. The van der Waals surface area contributed by atoms with Gasteiger partial charge >= 0.3 is 0 Å². The molecule has 1 fully saturated rings. The first-order chi connectivity index (χ1) is 11.0. The van der Waals surface area contributed by atoms with E-state index in [1.54, 1.807) is 6.20 Å². The van der Waals surface area contributed by atoms with E-state index in [0.717, 1.165) is 23.8 Å². The van der Waals surface area contributed by atoms with Gasteiger partial charge < -0.3 is 10.2 Å². The van der Waals surface area contributed by atoms with Crippen LogP contribution in [0.4, 0.5) is 5.82 Å². The Morgan fingerprint density at radius 1 is 1.39 bits per heavy atom. The lowest BCUT2D eigenvalue weighted by atomic mass is 9.97. The Morgan fingerprint density at radius 2 is 2.22 bits per heavy atom. The van der Waals surface area contributed by atoms with E-state index in [0.29, 0.717) is 19.0 Å². The van der Waals surface area contributed by atoms with Crippen LogP contribution in [0.25, 0.3) is 0 Å². The lowest BCUT2D eigenvalue weighted by molar-refractivity contribution is -0.125. The molecule has 1 saturated heterocycles. The van der Waals surface area contributed by atoms with Gasteiger partial charge in [0.1, 0.15) is 5.82 Å². The van der Waals surface area contributed by atoms with Gasteiger partial charge in [-0.2, -0.15) is 5.10 Å². The second-order valence-corrected chi connectivity index (χ2v) is 6.30. The Balaban J connectivity index is 1.60. The maximum Gasteiger partial charge on any atom is 0.225 e. The van der Waals surface area contributed by atoms with Crippen LogP contribution >= 0.6 is 0 Å². The van der Waals surface area contributed by atoms with Crippen LogP contribution in [0.2, 0.25) is 0 Å². The SMILES string of the molecule is Cc1cc(CNC(=O)[C@@H]2CN(c3ccccn3)C[C@H]2C)n(C)n1. The van der Waals surface area contributed by atoms with E-state index >= 15 is 0 Å². The molecule has 23 heavy (non-hydrogen) atoms. The number of hydrogen-bond donors (Lipinski definition) is 1. The van der Waals surface area contributed by atoms with E-state index in [-0.39, 0.29) is 11.8 Å². The van der Waals surface area contributed by atoms with Gasteiger partial charge in [0.2, 0.25) is 5.91 Å². The minimum absolute atomic E-state index is 0.00803. The van der Waals surface area contributed by atoms with E-state index in [9.17, 15) is 4.79 Å². The molecule has 1 amide bonds. The topological polar surface area (TPSA) is 63.1 Å². The lowest BCUT2D eigenvalue weighted by Crippen LogP contribution is -2.34. The van der Waals surface area contributed by atoms with Crippen molar-refractivity contribution in [1.29, 1.82) is 0 Å². The Morgan fingerprint density at radius 3 is 2.87 bits per heavy atom. The molecule has 122 valence electrons. The van der Waals surface area contributed by atoms with Gasteiger partial charge in [-0.3, -0.25) is 9.48 Å². The quantitative estimate of drug-likeness (QED) is 0.929. The number of nitrogens with zero attached hydrogens (tertiary/aromatic N) is 4. The van der Waals surface area contributed by atoms with Crippen molar-refractivity contribution in [2.75, 3.05) is 18.0 Å². The summed E-state index contributed by atoms with van der Waals surface area (Å²) >= 11 is 0. The molecule has 1 N–H and O–H groups in total. The molecule has 0 saturated carbocycles. The van der Waals surface area contributed by atoms with E-state index in [4.69, 9.17) is 0 Å². The maximum atomic E-state index is 12.5. The van der Waals surface area contributed by atoms with Gasteiger partial charge in [-0.25, -0.2) is 4.98 Å². The number of aryl methyl sites for hydroxylation is 2. The fraction of sp³-hybridized carbons (Fsp3) is 0.471. The molecule has 2 aromatic heterocycles. The predicted molar refractivity (Wildman–Crippen MR) is 88.9 cm³/mol. The van der Waals surface area contributed by atoms with Gasteiger partial charge in [0.15, 0.2) is 0 Å². The van der Waals surface area contributed by atoms with Gasteiger partial charge in [-0.1, -0.05) is 13.0 Å². The molecule has 0 spiro atoms. The summed E-state index contributed by atoms with van der Waals surface area (Å²) in [6.45, 7) is 6.17. The zero-order valence-corrected chi connectivity index (χ0v) is 13.9. The Labute approximate surface area is 136 Å². The molecule has 0 aliphatic carbocycles. The van der Waals surface area contributed by atoms with Crippen LogP contribution in [0.15, 0.2) is 30.5 Å². The highest BCUT2D eigenvalue weighted by molar-refractivity contribution is 5.80. The summed E-state index contributed by atoms with van der Waals surface area (Å²) in [5, 5.41) is 7.35. The molecule has 2 aromatic rings. The molecular weight excluding hydrogens is 290 g/mol. The monoisotopic (exact) mass is 313 g/mol. The third-order valence-corrected chi connectivity index (χ3v) is 4.47. The van der Waals surface area contributed by atoms with Crippen LogP contribution in [0.1, 0.15) is 18.3 Å². The van der Waals surface area contributed by atoms with Crippen molar-refractivity contribution in [3.8, 4) is 0 Å². The second-order valence-electron chi connectivity index (χ2n) is 6.30. The highest BCUT2D eigenvalue weighted by Crippen LogP contribution is 2.26. The van der Waals surface area contributed by atoms with Crippen LogP contribution in [-0.4, -0.2) is 33.8 Å². The second kappa shape index (κ2) is 6.40. The van der Waals surface area contributed by atoms with Crippen molar-refractivity contribution < 1.29 is 4.79 Å². The summed E-state index contributed by atoms with van der Waals surface area (Å²) in [5.74, 6) is 1.35. The Hall–Kier alpha value is -2.37. The summed E-state index contributed by atoms with van der Waals surface area (Å²) in [4.78, 5) is 19.1. The molecule has 2 atom stereocenters. The smallest absolute Gasteiger partial charge is 0.225 e. The summed E-state index contributed by atoms with van der Waals surface area (Å²) in [6.07, 6.45) is 1.79. The molecule has 0 bridgehead atoms. The van der Waals surface area contributed by atoms with Crippen LogP contribution in [-0.2, 0) is 18.4 Å². The molecule has 1 aliphatic rings. The number of amides is 1. The number of aromatic nitrogens is 3. The molecule has 1 aliphatic heterocycles. The van der Waals surface area contributed by atoms with Crippen LogP contribution in [0, 0.1) is 18.8 Å². The molecule has 0 unspecified atom stereocenters. The number of anilines is 1. The largest absolute Gasteiger partial charge is 0.356 e. The predicted octanol–water partition coefficient (Wildman–Crippen LogP) is 1.51. The highest BCUT2D eigenvalue weighted by atomic mass is 16.2. The standard InChI is InChI=1S/C17H23N5O/c1-12-10-22(16-6-4-5-7-18-16)11-15(12)17(23)19-9-14-8-13(2)20-21(14)3/h4-8,12,15H,9-11H2,1-3H3,(H,19,23)/t12-,15-/m1/s1. The molecule has 3 heterocycles. The zero-order valence-electron chi connectivity index (χ0n) is 13.9. The summed E-state index contributed by atoms with van der Waals surface area (Å²) in [5.41, 5.74) is 1.98. The zero-order chi connectivity index (χ0) is 16.4. The van der Waals surface area contributed by atoms with Crippen molar-refractivity contribution in [2.45, 2.75) is 20.4 Å². The molecular formula is C17H23N5O. The fourth-order valence-corrected chi connectivity index (χ4v) is 3.17. The minimum Gasteiger partial charge on any atom is -0.356 e. The number of rotatable bonds is 4. The van der Waals surface area contributed by atoms with Crippen LogP contribution in [0.5, 0.6) is 0 Å². The van der Waals surface area contributed by atoms with Gasteiger partial charge in [0.25, 0.3) is 0 Å². The van der Waals surface area contributed by atoms with Crippen LogP contribution < -0.4 is 10.2 Å². The van der Waals surface area contributed by atoms with Crippen molar-refractivity contribution in [3.05, 3.63) is 41.9 Å². The first-order valence-corrected chi connectivity index (χ1v) is 7.98. The van der Waals surface area contributed by atoms with E-state index < -0.39 is 0 Å². The Bertz CT molecular complexity index is 682. The summed E-state index contributed by atoms with van der Waals surface area (Å²) < 4.78 is 1.81. The Kier molecular flexibility index (Phi) is 4.32. The molecule has 6 heteroatoms. The van der Waals surface area contributed by atoms with Gasteiger partial charge in [0.05, 0.1) is 23.9 Å². The number of carbonyl (C=O) groups excluding carboxylic acids is 1. The average Bonchev–Trinajstić information content (AvgIpc) is 3.08. The minimum atomic E-state index is -0.00803. The van der Waals surface area contributed by atoms with Gasteiger partial charge in [-0.05, 0) is 31.0 Å². The van der Waals surface area contributed by atoms with Crippen molar-refractivity contribution in [2.24, 2.45) is 18.9 Å².